The molecule has 2 atom stereocenters. The molecule has 1 amide bonds. The number of nitriles is 1. The summed E-state index contributed by atoms with van der Waals surface area (Å²) in [6, 6.07) is 6.70. The third-order valence-electron chi connectivity index (χ3n) is 4.21. The summed E-state index contributed by atoms with van der Waals surface area (Å²) < 4.78 is 46.1. The molecule has 0 radical (unpaired) electrons. The molecule has 1 aliphatic heterocycles. The van der Waals surface area contributed by atoms with Crippen molar-refractivity contribution < 1.29 is 27.4 Å². The van der Waals surface area contributed by atoms with Crippen LogP contribution in [0.15, 0.2) is 24.3 Å². The second kappa shape index (κ2) is 8.27. The maximum atomic E-state index is 12.3. The summed E-state index contributed by atoms with van der Waals surface area (Å²) in [4.78, 5) is 15.8. The quantitative estimate of drug-likeness (QED) is 0.766. The van der Waals surface area contributed by atoms with Crippen molar-refractivity contribution >= 4 is 6.09 Å². The molecule has 0 aliphatic carbocycles. The number of carbonyl (C=O) groups excluding carboxylic acids is 1. The lowest BCUT2D eigenvalue weighted by Gasteiger charge is -2.42. The molecule has 9 heteroatoms. The standard InChI is InChI=1S/C19H24F3N3O3/c1-13-12-24(17(26)28-18(2,3)4)9-10-25(13)16(11-23)14-5-7-15(8-6-14)27-19(20,21)22/h5-8,13,16H,9-10,12H2,1-4H3. The van der Waals surface area contributed by atoms with Crippen LogP contribution in [0.25, 0.3) is 0 Å². The summed E-state index contributed by atoms with van der Waals surface area (Å²) in [6.45, 7) is 8.50. The molecular weight excluding hydrogens is 375 g/mol. The van der Waals surface area contributed by atoms with Crippen molar-refractivity contribution in [3.8, 4) is 11.8 Å². The van der Waals surface area contributed by atoms with Crippen molar-refractivity contribution in [2.45, 2.75) is 51.7 Å². The Morgan fingerprint density at radius 2 is 1.82 bits per heavy atom. The van der Waals surface area contributed by atoms with Gasteiger partial charge in [0.25, 0.3) is 0 Å². The van der Waals surface area contributed by atoms with Crippen molar-refractivity contribution in [3.05, 3.63) is 29.8 Å². The Kier molecular flexibility index (Phi) is 6.44. The van der Waals surface area contributed by atoms with Gasteiger partial charge in [-0.2, -0.15) is 5.26 Å². The molecule has 6 nitrogen and oxygen atoms in total. The number of alkyl halides is 3. The van der Waals surface area contributed by atoms with Crippen molar-refractivity contribution in [1.29, 1.82) is 5.26 Å². The minimum Gasteiger partial charge on any atom is -0.444 e. The smallest absolute Gasteiger partial charge is 0.444 e. The highest BCUT2D eigenvalue weighted by Gasteiger charge is 2.34. The minimum atomic E-state index is -4.76. The fourth-order valence-electron chi connectivity index (χ4n) is 3.04. The monoisotopic (exact) mass is 399 g/mol. The number of benzene rings is 1. The van der Waals surface area contributed by atoms with Crippen molar-refractivity contribution in [1.82, 2.24) is 9.80 Å². The molecule has 0 spiro atoms. The second-order valence-electron chi connectivity index (χ2n) is 7.66. The molecule has 0 bridgehead atoms. The molecule has 154 valence electrons. The van der Waals surface area contributed by atoms with Gasteiger partial charge < -0.3 is 14.4 Å². The Labute approximate surface area is 162 Å². The third kappa shape index (κ3) is 6.02. The Hall–Kier alpha value is -2.47. The average molecular weight is 399 g/mol. The number of rotatable bonds is 3. The lowest BCUT2D eigenvalue weighted by molar-refractivity contribution is -0.274. The van der Waals surface area contributed by atoms with Gasteiger partial charge in [-0.3, -0.25) is 4.90 Å². The van der Waals surface area contributed by atoms with Crippen LogP contribution in [0, 0.1) is 11.3 Å². The van der Waals surface area contributed by atoms with Crippen LogP contribution in [-0.4, -0.2) is 53.5 Å². The largest absolute Gasteiger partial charge is 0.573 e. The van der Waals surface area contributed by atoms with E-state index in [1.165, 1.54) is 24.3 Å². The van der Waals surface area contributed by atoms with Crippen LogP contribution in [0.1, 0.15) is 39.3 Å². The molecule has 1 fully saturated rings. The number of nitrogens with zero attached hydrogens (tertiary/aromatic N) is 3. The molecule has 0 N–H and O–H groups in total. The summed E-state index contributed by atoms with van der Waals surface area (Å²) in [6.07, 6.45) is -5.16. The Balaban J connectivity index is 2.06. The van der Waals surface area contributed by atoms with Crippen LogP contribution >= 0.6 is 0 Å². The Bertz CT molecular complexity index is 723. The van der Waals surface area contributed by atoms with E-state index >= 15 is 0 Å². The van der Waals surface area contributed by atoms with Gasteiger partial charge in [0.1, 0.15) is 17.4 Å². The van der Waals surface area contributed by atoms with E-state index in [4.69, 9.17) is 4.74 Å². The maximum absolute atomic E-state index is 12.3. The lowest BCUT2D eigenvalue weighted by atomic mass is 10.0. The first-order valence-corrected chi connectivity index (χ1v) is 8.88. The van der Waals surface area contributed by atoms with Crippen LogP contribution in [0.2, 0.25) is 0 Å². The fraction of sp³-hybridized carbons (Fsp3) is 0.579. The number of piperazine rings is 1. The van der Waals surface area contributed by atoms with E-state index in [1.807, 2.05) is 11.8 Å². The molecule has 1 saturated heterocycles. The van der Waals surface area contributed by atoms with Gasteiger partial charge in [0.2, 0.25) is 0 Å². The van der Waals surface area contributed by atoms with Crippen molar-refractivity contribution in [2.75, 3.05) is 19.6 Å². The maximum Gasteiger partial charge on any atom is 0.573 e. The Morgan fingerprint density at radius 1 is 1.21 bits per heavy atom. The van der Waals surface area contributed by atoms with E-state index in [2.05, 4.69) is 10.8 Å². The first kappa shape index (κ1) is 21.8. The highest BCUT2D eigenvalue weighted by molar-refractivity contribution is 5.68. The number of amides is 1. The number of halogens is 3. The zero-order valence-electron chi connectivity index (χ0n) is 16.3. The van der Waals surface area contributed by atoms with Crippen LogP contribution in [0.4, 0.5) is 18.0 Å². The summed E-state index contributed by atoms with van der Waals surface area (Å²) in [5.74, 6) is -0.337. The molecule has 2 rings (SSSR count). The highest BCUT2D eigenvalue weighted by Crippen LogP contribution is 2.29. The number of hydrogen-bond donors (Lipinski definition) is 0. The van der Waals surface area contributed by atoms with Crippen LogP contribution in [0.3, 0.4) is 0 Å². The Morgan fingerprint density at radius 3 is 2.29 bits per heavy atom. The predicted octanol–water partition coefficient (Wildman–Crippen LogP) is 4.09. The van der Waals surface area contributed by atoms with Gasteiger partial charge in [0.15, 0.2) is 0 Å². The summed E-state index contributed by atoms with van der Waals surface area (Å²) in [7, 11) is 0. The number of ether oxygens (including phenoxy) is 2. The van der Waals surface area contributed by atoms with E-state index in [9.17, 15) is 23.2 Å². The molecule has 0 saturated carbocycles. The summed E-state index contributed by atoms with van der Waals surface area (Å²) in [5.41, 5.74) is -0.0260. The lowest BCUT2D eigenvalue weighted by Crippen LogP contribution is -2.55. The average Bonchev–Trinajstić information content (AvgIpc) is 2.55. The normalized spacial score (nSPS) is 19.6. The van der Waals surface area contributed by atoms with Gasteiger partial charge in [-0.25, -0.2) is 4.79 Å². The molecule has 0 aromatic heterocycles. The van der Waals surface area contributed by atoms with Gasteiger partial charge in [0, 0.05) is 25.7 Å². The van der Waals surface area contributed by atoms with Gasteiger partial charge >= 0.3 is 12.5 Å². The summed E-state index contributed by atoms with van der Waals surface area (Å²) in [5, 5.41) is 9.63. The zero-order valence-corrected chi connectivity index (χ0v) is 16.3. The van der Waals surface area contributed by atoms with Crippen LogP contribution in [0.5, 0.6) is 5.75 Å². The zero-order chi connectivity index (χ0) is 21.1. The number of carbonyl (C=O) groups is 1. The van der Waals surface area contributed by atoms with Gasteiger partial charge in [-0.15, -0.1) is 13.2 Å². The van der Waals surface area contributed by atoms with Gasteiger partial charge in [-0.1, -0.05) is 12.1 Å². The fourth-order valence-corrected chi connectivity index (χ4v) is 3.04. The molecule has 1 heterocycles. The third-order valence-corrected chi connectivity index (χ3v) is 4.21. The van der Waals surface area contributed by atoms with E-state index in [0.29, 0.717) is 25.2 Å². The molecule has 1 aromatic carbocycles. The van der Waals surface area contributed by atoms with Crippen LogP contribution < -0.4 is 4.74 Å². The van der Waals surface area contributed by atoms with E-state index in [0.717, 1.165) is 0 Å². The SMILES string of the molecule is CC1CN(C(=O)OC(C)(C)C)CCN1C(C#N)c1ccc(OC(F)(F)F)cc1. The minimum absolute atomic E-state index is 0.128. The second-order valence-corrected chi connectivity index (χ2v) is 7.66. The van der Waals surface area contributed by atoms with Gasteiger partial charge in [0.05, 0.1) is 6.07 Å². The van der Waals surface area contributed by atoms with Crippen molar-refractivity contribution in [3.63, 3.8) is 0 Å². The topological polar surface area (TPSA) is 65.8 Å². The molecule has 2 unspecified atom stereocenters. The molecular formula is C19H24F3N3O3. The first-order valence-electron chi connectivity index (χ1n) is 8.88. The van der Waals surface area contributed by atoms with Crippen molar-refractivity contribution in [2.24, 2.45) is 0 Å². The van der Waals surface area contributed by atoms with E-state index in [1.54, 1.807) is 25.7 Å². The van der Waals surface area contributed by atoms with E-state index in [-0.39, 0.29) is 11.8 Å². The first-order chi connectivity index (χ1) is 12.9. The van der Waals surface area contributed by atoms with Gasteiger partial charge in [-0.05, 0) is 45.4 Å². The van der Waals surface area contributed by atoms with E-state index < -0.39 is 24.1 Å². The molecule has 1 aliphatic rings. The highest BCUT2D eigenvalue weighted by atomic mass is 19.4. The molecule has 28 heavy (non-hydrogen) atoms. The summed E-state index contributed by atoms with van der Waals surface area (Å²) >= 11 is 0. The molecule has 1 aromatic rings. The van der Waals surface area contributed by atoms with Crippen LogP contribution in [-0.2, 0) is 4.74 Å². The predicted molar refractivity (Wildman–Crippen MR) is 95.5 cm³/mol. The number of hydrogen-bond acceptors (Lipinski definition) is 5.